The molecule has 0 aliphatic carbocycles. The van der Waals surface area contributed by atoms with E-state index in [1.807, 2.05) is 5.10 Å². The second kappa shape index (κ2) is 12.5. The molecule has 1 aromatic carbocycles. The van der Waals surface area contributed by atoms with Gasteiger partial charge in [-0.2, -0.15) is 18.3 Å². The third kappa shape index (κ3) is 6.47. The van der Waals surface area contributed by atoms with Gasteiger partial charge >= 0.3 is 12.2 Å². The van der Waals surface area contributed by atoms with Crippen molar-refractivity contribution in [3.05, 3.63) is 53.2 Å². The first-order chi connectivity index (χ1) is 19.7. The summed E-state index contributed by atoms with van der Waals surface area (Å²) < 4.78 is 46.6. The van der Waals surface area contributed by atoms with Crippen molar-refractivity contribution in [2.75, 3.05) is 31.5 Å². The normalized spacial score (nSPS) is 11.2. The van der Waals surface area contributed by atoms with Gasteiger partial charge in [-0.3, -0.25) is 19.1 Å². The molecule has 7 N–H and O–H groups in total. The number of nitrogens with zero attached hydrogens (tertiary/aromatic N) is 4. The van der Waals surface area contributed by atoms with Crippen LogP contribution in [0.3, 0.4) is 0 Å². The Bertz CT molecular complexity index is 1570. The number of hydrogen-bond donors (Lipinski definition) is 6. The standard InChI is InChI=1S/C23H22ClF3N10O4/c24-16-12(21(39)30-5-6-32-22(40)31-4-3-28)1-2-14(17(16)41-11-38)35-19-20-33-10-15(37(20)8-7-29-19)13-9-34-36-18(13)23(25,26)27/h1-2,7-11H,3-6,28H2,(H,29,35)(H,30,39)(H,34,36)(H2,31,32,40). The molecule has 0 spiro atoms. The maximum absolute atomic E-state index is 13.4. The molecule has 0 aliphatic rings. The van der Waals surface area contributed by atoms with Crippen molar-refractivity contribution < 1.29 is 32.3 Å². The van der Waals surface area contributed by atoms with Gasteiger partial charge in [0.15, 0.2) is 17.2 Å². The molecule has 4 aromatic rings. The van der Waals surface area contributed by atoms with Gasteiger partial charge in [-0.15, -0.1) is 0 Å². The lowest BCUT2D eigenvalue weighted by Crippen LogP contribution is -2.41. The highest BCUT2D eigenvalue weighted by molar-refractivity contribution is 6.36. The van der Waals surface area contributed by atoms with E-state index >= 15 is 0 Å². The first-order valence-corrected chi connectivity index (χ1v) is 12.2. The van der Waals surface area contributed by atoms with Gasteiger partial charge < -0.3 is 31.7 Å². The van der Waals surface area contributed by atoms with Crippen LogP contribution in [-0.2, 0) is 11.0 Å². The molecule has 14 nitrogen and oxygen atoms in total. The van der Waals surface area contributed by atoms with E-state index in [1.54, 1.807) is 0 Å². The number of anilines is 2. The van der Waals surface area contributed by atoms with Gasteiger partial charge in [0, 0.05) is 38.6 Å². The van der Waals surface area contributed by atoms with E-state index in [-0.39, 0.29) is 70.9 Å². The van der Waals surface area contributed by atoms with E-state index in [0.29, 0.717) is 6.54 Å². The molecule has 0 saturated heterocycles. The number of benzene rings is 1. The molecule has 18 heteroatoms. The van der Waals surface area contributed by atoms with E-state index in [0.717, 1.165) is 6.20 Å². The number of alkyl halides is 3. The second-order valence-electron chi connectivity index (χ2n) is 8.14. The largest absolute Gasteiger partial charge is 0.433 e. The quantitative estimate of drug-likeness (QED) is 0.111. The molecule has 3 aromatic heterocycles. The van der Waals surface area contributed by atoms with Crippen molar-refractivity contribution in [1.29, 1.82) is 0 Å². The number of amides is 3. The summed E-state index contributed by atoms with van der Waals surface area (Å²) in [5.74, 6) is -0.739. The molecule has 0 fully saturated rings. The average Bonchev–Trinajstić information content (AvgIpc) is 3.60. The van der Waals surface area contributed by atoms with Crippen LogP contribution in [0.1, 0.15) is 16.1 Å². The van der Waals surface area contributed by atoms with E-state index in [1.165, 1.54) is 35.1 Å². The molecule has 0 atom stereocenters. The number of hydrogen-bond acceptors (Lipinski definition) is 9. The van der Waals surface area contributed by atoms with Crippen molar-refractivity contribution in [1.82, 2.24) is 40.5 Å². The number of ether oxygens (including phenoxy) is 1. The predicted octanol–water partition coefficient (Wildman–Crippen LogP) is 2.06. The predicted molar refractivity (Wildman–Crippen MR) is 140 cm³/mol. The monoisotopic (exact) mass is 594 g/mol. The van der Waals surface area contributed by atoms with E-state index in [4.69, 9.17) is 22.1 Å². The first-order valence-electron chi connectivity index (χ1n) is 11.8. The Morgan fingerprint density at radius 3 is 2.61 bits per heavy atom. The zero-order chi connectivity index (χ0) is 29.6. The Kier molecular flexibility index (Phi) is 8.88. The van der Waals surface area contributed by atoms with Crippen LogP contribution in [0.25, 0.3) is 16.9 Å². The lowest BCUT2D eigenvalue weighted by molar-refractivity contribution is -0.140. The lowest BCUT2D eigenvalue weighted by atomic mass is 10.1. The second-order valence-corrected chi connectivity index (χ2v) is 8.52. The van der Waals surface area contributed by atoms with Crippen molar-refractivity contribution in [3.63, 3.8) is 0 Å². The van der Waals surface area contributed by atoms with Crippen LogP contribution in [0.2, 0.25) is 5.02 Å². The molecule has 0 bridgehead atoms. The number of nitrogens with two attached hydrogens (primary N) is 1. The van der Waals surface area contributed by atoms with Gasteiger partial charge in [0.25, 0.3) is 12.4 Å². The summed E-state index contributed by atoms with van der Waals surface area (Å²) in [5.41, 5.74) is 4.34. The fourth-order valence-electron chi connectivity index (χ4n) is 3.72. The van der Waals surface area contributed by atoms with Crippen molar-refractivity contribution in [3.8, 4) is 17.0 Å². The summed E-state index contributed by atoms with van der Waals surface area (Å²) in [4.78, 5) is 43.8. The third-order valence-corrected chi connectivity index (χ3v) is 5.89. The summed E-state index contributed by atoms with van der Waals surface area (Å²) in [7, 11) is 0. The minimum atomic E-state index is -4.68. The van der Waals surface area contributed by atoms with Gasteiger partial charge in [0.05, 0.1) is 39.9 Å². The van der Waals surface area contributed by atoms with Crippen LogP contribution in [0.4, 0.5) is 29.5 Å². The highest BCUT2D eigenvalue weighted by Gasteiger charge is 2.36. The van der Waals surface area contributed by atoms with Gasteiger partial charge in [0.1, 0.15) is 5.69 Å². The molecular formula is C23H22ClF3N10O4. The summed E-state index contributed by atoms with van der Waals surface area (Å²) in [6.45, 7) is 0.861. The zero-order valence-corrected chi connectivity index (χ0v) is 21.6. The number of H-pyrrole nitrogens is 1. The van der Waals surface area contributed by atoms with Crippen LogP contribution >= 0.6 is 11.6 Å². The van der Waals surface area contributed by atoms with Crippen LogP contribution < -0.4 is 31.7 Å². The number of nitrogens with one attached hydrogen (secondary N) is 5. The smallest absolute Gasteiger partial charge is 0.425 e. The van der Waals surface area contributed by atoms with Gasteiger partial charge in [-0.25, -0.2) is 14.8 Å². The molecule has 41 heavy (non-hydrogen) atoms. The Balaban J connectivity index is 1.56. The number of urea groups is 1. The SMILES string of the molecule is NCCNC(=O)NCCNC(=O)c1ccc(Nc2nccn3c(-c4cn[nH]c4C(F)(F)F)cnc23)c(OC=O)c1Cl. The number of fused-ring (bicyclic) bond motifs is 1. The highest BCUT2D eigenvalue weighted by atomic mass is 35.5. The van der Waals surface area contributed by atoms with Crippen LogP contribution in [0, 0.1) is 0 Å². The number of imidazole rings is 1. The first kappa shape index (κ1) is 29.1. The summed E-state index contributed by atoms with van der Waals surface area (Å²) >= 11 is 6.39. The van der Waals surface area contributed by atoms with Crippen molar-refractivity contribution in [2.45, 2.75) is 6.18 Å². The lowest BCUT2D eigenvalue weighted by Gasteiger charge is -2.15. The van der Waals surface area contributed by atoms with Gasteiger partial charge in [-0.1, -0.05) is 11.6 Å². The van der Waals surface area contributed by atoms with E-state index < -0.39 is 23.8 Å². The Morgan fingerprint density at radius 1 is 1.12 bits per heavy atom. The van der Waals surface area contributed by atoms with Crippen LogP contribution in [-0.4, -0.2) is 69.2 Å². The Hall–Kier alpha value is -4.90. The third-order valence-electron chi connectivity index (χ3n) is 5.51. The topological polar surface area (TPSA) is 193 Å². The average molecular weight is 595 g/mol. The van der Waals surface area contributed by atoms with Crippen molar-refractivity contribution in [2.24, 2.45) is 5.73 Å². The molecule has 0 radical (unpaired) electrons. The minimum Gasteiger partial charge on any atom is -0.425 e. The number of carbonyl (C=O) groups is 3. The fraction of sp³-hybridized carbons (Fsp3) is 0.217. The highest BCUT2D eigenvalue weighted by Crippen LogP contribution is 2.39. The number of carbonyl (C=O) groups excluding carboxylic acids is 3. The van der Waals surface area contributed by atoms with Crippen LogP contribution in [0.15, 0.2) is 36.9 Å². The summed E-state index contributed by atoms with van der Waals surface area (Å²) in [5, 5.41) is 15.8. The zero-order valence-electron chi connectivity index (χ0n) is 20.9. The van der Waals surface area contributed by atoms with E-state index in [2.05, 4.69) is 36.3 Å². The number of aromatic nitrogens is 5. The number of rotatable bonds is 11. The maximum atomic E-state index is 13.4. The molecule has 3 heterocycles. The van der Waals surface area contributed by atoms with Crippen molar-refractivity contribution >= 4 is 47.2 Å². The Labute approximate surface area is 233 Å². The molecule has 216 valence electrons. The molecule has 0 aliphatic heterocycles. The van der Waals surface area contributed by atoms with E-state index in [9.17, 15) is 27.6 Å². The molecule has 0 saturated carbocycles. The summed E-state index contributed by atoms with van der Waals surface area (Å²) in [6, 6.07) is 2.31. The Morgan fingerprint density at radius 2 is 1.88 bits per heavy atom. The summed E-state index contributed by atoms with van der Waals surface area (Å²) in [6.07, 6.45) is 0.317. The molecular weight excluding hydrogens is 573 g/mol. The number of aromatic amines is 1. The van der Waals surface area contributed by atoms with Gasteiger partial charge in [0.2, 0.25) is 0 Å². The molecule has 0 unspecified atom stereocenters. The van der Waals surface area contributed by atoms with Crippen LogP contribution in [0.5, 0.6) is 5.75 Å². The molecule has 4 rings (SSSR count). The minimum absolute atomic E-state index is 0.0319. The number of halogens is 4. The molecule has 3 amide bonds. The maximum Gasteiger partial charge on any atom is 0.433 e. The van der Waals surface area contributed by atoms with Gasteiger partial charge in [-0.05, 0) is 12.1 Å². The fourth-order valence-corrected chi connectivity index (χ4v) is 4.01.